The molecule has 1 aromatic heterocycles. The van der Waals surface area contributed by atoms with Crippen molar-refractivity contribution in [3.8, 4) is 11.1 Å². The number of para-hydroxylation sites is 2. The summed E-state index contributed by atoms with van der Waals surface area (Å²) >= 11 is 3.58. The van der Waals surface area contributed by atoms with Crippen LogP contribution < -0.4 is 4.90 Å². The van der Waals surface area contributed by atoms with Crippen LogP contribution in [0.3, 0.4) is 0 Å². The number of rotatable bonds is 4. The molecule has 158 valence electrons. The Balaban J connectivity index is 1.61. The summed E-state index contributed by atoms with van der Waals surface area (Å²) < 4.78 is 7.14. The van der Waals surface area contributed by atoms with E-state index in [9.17, 15) is 0 Å². The van der Waals surface area contributed by atoms with Gasteiger partial charge >= 0.3 is 0 Å². The minimum absolute atomic E-state index is 0.895. The highest BCUT2D eigenvalue weighted by atomic mass is 79.9. The molecule has 0 spiro atoms. The standard InChI is InChI=1S/C30H20BrNO/c31-22-14-16-23(17-15-22)32(28-12-6-4-10-25(28)21-8-2-1-3-9-21)24-18-19-30-27(20-24)26-11-5-7-13-29(26)33-30/h1-20H. The normalized spacial score (nSPS) is 11.2. The van der Waals surface area contributed by atoms with Gasteiger partial charge < -0.3 is 9.32 Å². The van der Waals surface area contributed by atoms with Gasteiger partial charge in [0.2, 0.25) is 0 Å². The molecule has 3 heteroatoms. The average molecular weight is 490 g/mol. The summed E-state index contributed by atoms with van der Waals surface area (Å²) in [7, 11) is 0. The minimum atomic E-state index is 0.895. The van der Waals surface area contributed by atoms with Crippen molar-refractivity contribution in [1.29, 1.82) is 0 Å². The lowest BCUT2D eigenvalue weighted by atomic mass is 10.0. The summed E-state index contributed by atoms with van der Waals surface area (Å²) in [6, 6.07) is 42.2. The molecular formula is C30H20BrNO. The molecule has 0 fully saturated rings. The molecule has 0 saturated heterocycles. The van der Waals surface area contributed by atoms with Crippen molar-refractivity contribution in [2.45, 2.75) is 0 Å². The Morgan fingerprint density at radius 2 is 1.21 bits per heavy atom. The second-order valence-corrected chi connectivity index (χ2v) is 8.89. The van der Waals surface area contributed by atoms with Gasteiger partial charge in [0.1, 0.15) is 11.2 Å². The van der Waals surface area contributed by atoms with Gasteiger partial charge in [-0.1, -0.05) is 82.7 Å². The highest BCUT2D eigenvalue weighted by Gasteiger charge is 2.18. The fraction of sp³-hybridized carbons (Fsp3) is 0. The van der Waals surface area contributed by atoms with Gasteiger partial charge in [0.15, 0.2) is 0 Å². The van der Waals surface area contributed by atoms with Crippen LogP contribution in [0.15, 0.2) is 130 Å². The van der Waals surface area contributed by atoms with E-state index < -0.39 is 0 Å². The summed E-state index contributed by atoms with van der Waals surface area (Å²) in [6.07, 6.45) is 0. The van der Waals surface area contributed by atoms with Crippen molar-refractivity contribution in [3.63, 3.8) is 0 Å². The second kappa shape index (κ2) is 8.27. The highest BCUT2D eigenvalue weighted by molar-refractivity contribution is 9.10. The molecule has 0 radical (unpaired) electrons. The monoisotopic (exact) mass is 489 g/mol. The number of anilines is 3. The van der Waals surface area contributed by atoms with Crippen LogP contribution in [0.1, 0.15) is 0 Å². The smallest absolute Gasteiger partial charge is 0.135 e. The van der Waals surface area contributed by atoms with E-state index in [-0.39, 0.29) is 0 Å². The van der Waals surface area contributed by atoms with E-state index in [1.54, 1.807) is 0 Å². The van der Waals surface area contributed by atoms with E-state index >= 15 is 0 Å². The Morgan fingerprint density at radius 3 is 2.06 bits per heavy atom. The summed E-state index contributed by atoms with van der Waals surface area (Å²) in [5.41, 5.74) is 7.46. The maximum Gasteiger partial charge on any atom is 0.135 e. The Hall–Kier alpha value is -3.82. The van der Waals surface area contributed by atoms with Crippen molar-refractivity contribution >= 4 is 54.9 Å². The zero-order chi connectivity index (χ0) is 22.2. The fourth-order valence-electron chi connectivity index (χ4n) is 4.40. The van der Waals surface area contributed by atoms with Crippen molar-refractivity contribution < 1.29 is 4.42 Å². The first-order valence-electron chi connectivity index (χ1n) is 10.9. The Labute approximate surface area is 200 Å². The highest BCUT2D eigenvalue weighted by Crippen LogP contribution is 2.42. The first-order chi connectivity index (χ1) is 16.3. The third-order valence-corrected chi connectivity index (χ3v) is 6.46. The number of hydrogen-bond donors (Lipinski definition) is 0. The van der Waals surface area contributed by atoms with Gasteiger partial charge in [0.05, 0.1) is 5.69 Å². The molecule has 5 aromatic carbocycles. The SMILES string of the molecule is Brc1ccc(N(c2ccc3oc4ccccc4c3c2)c2ccccc2-c2ccccc2)cc1. The number of fused-ring (bicyclic) bond motifs is 3. The number of nitrogens with zero attached hydrogens (tertiary/aromatic N) is 1. The number of halogens is 1. The van der Waals surface area contributed by atoms with E-state index in [0.29, 0.717) is 0 Å². The molecule has 0 atom stereocenters. The van der Waals surface area contributed by atoms with Gasteiger partial charge in [-0.25, -0.2) is 0 Å². The molecule has 2 nitrogen and oxygen atoms in total. The lowest BCUT2D eigenvalue weighted by molar-refractivity contribution is 0.669. The van der Waals surface area contributed by atoms with Crippen LogP contribution in [-0.4, -0.2) is 0 Å². The van der Waals surface area contributed by atoms with Crippen molar-refractivity contribution in [1.82, 2.24) is 0 Å². The quantitative estimate of drug-likeness (QED) is 0.245. The summed E-state index contributed by atoms with van der Waals surface area (Å²) in [4.78, 5) is 2.32. The zero-order valence-electron chi connectivity index (χ0n) is 17.8. The molecule has 0 aliphatic heterocycles. The maximum atomic E-state index is 6.08. The summed E-state index contributed by atoms with van der Waals surface area (Å²) in [6.45, 7) is 0. The molecule has 6 rings (SSSR count). The summed E-state index contributed by atoms with van der Waals surface area (Å²) in [5, 5.41) is 2.24. The predicted molar refractivity (Wildman–Crippen MR) is 142 cm³/mol. The Morgan fingerprint density at radius 1 is 0.545 bits per heavy atom. The van der Waals surface area contributed by atoms with Gasteiger partial charge in [-0.15, -0.1) is 0 Å². The van der Waals surface area contributed by atoms with Crippen LogP contribution >= 0.6 is 15.9 Å². The van der Waals surface area contributed by atoms with Crippen molar-refractivity contribution in [3.05, 3.63) is 126 Å². The number of hydrogen-bond acceptors (Lipinski definition) is 2. The molecule has 6 aromatic rings. The van der Waals surface area contributed by atoms with Crippen LogP contribution in [0.25, 0.3) is 33.1 Å². The molecule has 0 aliphatic carbocycles. The largest absolute Gasteiger partial charge is 0.456 e. The molecule has 0 aliphatic rings. The molecule has 0 unspecified atom stereocenters. The van der Waals surface area contributed by atoms with Crippen LogP contribution in [0.4, 0.5) is 17.1 Å². The first kappa shape index (κ1) is 19.8. The van der Waals surface area contributed by atoms with E-state index in [4.69, 9.17) is 4.42 Å². The number of furan rings is 1. The zero-order valence-corrected chi connectivity index (χ0v) is 19.4. The molecular weight excluding hydrogens is 470 g/mol. The third-order valence-electron chi connectivity index (χ3n) is 5.93. The van der Waals surface area contributed by atoms with E-state index in [1.165, 1.54) is 11.1 Å². The van der Waals surface area contributed by atoms with Gasteiger partial charge in [0.25, 0.3) is 0 Å². The van der Waals surface area contributed by atoms with Crippen LogP contribution in [0.5, 0.6) is 0 Å². The molecule has 0 amide bonds. The Bertz CT molecular complexity index is 1570. The molecule has 1 heterocycles. The second-order valence-electron chi connectivity index (χ2n) is 7.97. The fourth-order valence-corrected chi connectivity index (χ4v) is 4.67. The van der Waals surface area contributed by atoms with Crippen LogP contribution in [0, 0.1) is 0 Å². The lowest BCUT2D eigenvalue weighted by Crippen LogP contribution is -2.11. The molecule has 33 heavy (non-hydrogen) atoms. The Kier molecular flexibility index (Phi) is 4.97. The lowest BCUT2D eigenvalue weighted by Gasteiger charge is -2.28. The summed E-state index contributed by atoms with van der Waals surface area (Å²) in [5.74, 6) is 0. The van der Waals surface area contributed by atoms with E-state index in [1.807, 2.05) is 12.1 Å². The average Bonchev–Trinajstić information content (AvgIpc) is 3.24. The maximum absolute atomic E-state index is 6.08. The van der Waals surface area contributed by atoms with Gasteiger partial charge in [-0.3, -0.25) is 0 Å². The van der Waals surface area contributed by atoms with Crippen LogP contribution in [-0.2, 0) is 0 Å². The van der Waals surface area contributed by atoms with Gasteiger partial charge in [0, 0.05) is 32.2 Å². The first-order valence-corrected chi connectivity index (χ1v) is 11.7. The van der Waals surface area contributed by atoms with Gasteiger partial charge in [-0.05, 0) is 60.2 Å². The van der Waals surface area contributed by atoms with E-state index in [0.717, 1.165) is 43.5 Å². The van der Waals surface area contributed by atoms with Crippen molar-refractivity contribution in [2.75, 3.05) is 4.90 Å². The third kappa shape index (κ3) is 3.61. The molecule has 0 N–H and O–H groups in total. The molecule has 0 saturated carbocycles. The minimum Gasteiger partial charge on any atom is -0.456 e. The van der Waals surface area contributed by atoms with Crippen molar-refractivity contribution in [2.24, 2.45) is 0 Å². The van der Waals surface area contributed by atoms with Gasteiger partial charge in [-0.2, -0.15) is 0 Å². The topological polar surface area (TPSA) is 16.4 Å². The van der Waals surface area contributed by atoms with Crippen LogP contribution in [0.2, 0.25) is 0 Å². The predicted octanol–water partition coefficient (Wildman–Crippen LogP) is 9.49. The van der Waals surface area contributed by atoms with E-state index in [2.05, 4.69) is 130 Å². The number of benzene rings is 5. The molecule has 0 bridgehead atoms.